The summed E-state index contributed by atoms with van der Waals surface area (Å²) in [6.07, 6.45) is -5.14. The first-order chi connectivity index (χ1) is 5.45. The third-order valence-corrected chi connectivity index (χ3v) is 1.26. The molecule has 0 radical (unpaired) electrons. The van der Waals surface area contributed by atoms with E-state index in [4.69, 9.17) is 5.26 Å². The van der Waals surface area contributed by atoms with Crippen molar-refractivity contribution in [1.29, 1.82) is 5.26 Å². The normalized spacial score (nSPS) is 10.5. The van der Waals surface area contributed by atoms with E-state index in [9.17, 15) is 13.2 Å². The van der Waals surface area contributed by atoms with Crippen LogP contribution in [0.25, 0.3) is 0 Å². The number of nitrogens with zero attached hydrogens (tertiary/aromatic N) is 1. The van der Waals surface area contributed by atoms with Gasteiger partial charge in [0.15, 0.2) is 0 Å². The zero-order valence-electron chi connectivity index (χ0n) is 6.11. The second-order valence-corrected chi connectivity index (χ2v) is 2.54. The van der Waals surface area contributed by atoms with Gasteiger partial charge in [-0.05, 0) is 0 Å². The van der Waals surface area contributed by atoms with Crippen LogP contribution in [-0.2, 0) is 0 Å². The zero-order chi connectivity index (χ0) is 9.61. The van der Waals surface area contributed by atoms with Crippen molar-refractivity contribution in [3.8, 4) is 6.07 Å². The third kappa shape index (κ3) is 7.28. The minimum Gasteiger partial charge on any atom is -0.378 e. The highest BCUT2D eigenvalue weighted by molar-refractivity contribution is 7.80. The van der Waals surface area contributed by atoms with Gasteiger partial charge in [-0.3, -0.25) is 0 Å². The molecule has 0 fully saturated rings. The molecule has 0 amide bonds. The zero-order valence-corrected chi connectivity index (χ0v) is 6.93. The van der Waals surface area contributed by atoms with Crippen LogP contribution in [0, 0.1) is 11.3 Å². The molecule has 0 aromatic rings. The highest BCUT2D eigenvalue weighted by Crippen LogP contribution is 2.18. The van der Waals surface area contributed by atoms with Crippen molar-refractivity contribution in [2.45, 2.75) is 19.0 Å². The molecule has 12 heavy (non-hydrogen) atoms. The van der Waals surface area contributed by atoms with Crippen molar-refractivity contribution < 1.29 is 13.2 Å². The first-order valence-electron chi connectivity index (χ1n) is 3.16. The summed E-state index contributed by atoms with van der Waals surface area (Å²) >= 11 is 4.54. The number of thiocarbonyl (C=S) groups is 1. The van der Waals surface area contributed by atoms with E-state index in [-0.39, 0.29) is 18.0 Å². The van der Waals surface area contributed by atoms with Gasteiger partial charge in [0.2, 0.25) is 0 Å². The first-order valence-corrected chi connectivity index (χ1v) is 3.57. The second-order valence-electron chi connectivity index (χ2n) is 2.05. The highest BCUT2D eigenvalue weighted by atomic mass is 32.1. The van der Waals surface area contributed by atoms with Gasteiger partial charge in [-0.2, -0.15) is 18.4 Å². The van der Waals surface area contributed by atoms with Crippen LogP contribution >= 0.6 is 12.2 Å². The minimum absolute atomic E-state index is 0.0345. The molecule has 0 aromatic heterocycles. The van der Waals surface area contributed by atoms with Crippen LogP contribution in [0.15, 0.2) is 0 Å². The second kappa shape index (κ2) is 4.93. The van der Waals surface area contributed by atoms with Crippen LogP contribution in [0.1, 0.15) is 12.8 Å². The van der Waals surface area contributed by atoms with Crippen molar-refractivity contribution in [1.82, 2.24) is 5.32 Å². The fraction of sp³-hybridized carbons (Fsp3) is 0.667. The molecule has 0 rings (SSSR count). The Balaban J connectivity index is 3.45. The Morgan fingerprint density at radius 2 is 2.08 bits per heavy atom. The van der Waals surface area contributed by atoms with E-state index < -0.39 is 12.6 Å². The summed E-state index contributed by atoms with van der Waals surface area (Å²) in [5.41, 5.74) is 0. The Morgan fingerprint density at radius 1 is 1.50 bits per heavy atom. The summed E-state index contributed by atoms with van der Waals surface area (Å²) in [7, 11) is 0. The summed E-state index contributed by atoms with van der Waals surface area (Å²) in [5.74, 6) is 0. The summed E-state index contributed by atoms with van der Waals surface area (Å²) in [5, 5.41) is 10.4. The molecule has 1 N–H and O–H groups in total. The molecular formula is C6H7F3N2S. The molecule has 2 nitrogen and oxygen atoms in total. The van der Waals surface area contributed by atoms with Gasteiger partial charge in [-0.15, -0.1) is 0 Å². The molecule has 0 heterocycles. The van der Waals surface area contributed by atoms with Crippen LogP contribution in [0.2, 0.25) is 0 Å². The van der Waals surface area contributed by atoms with E-state index in [1.165, 1.54) is 0 Å². The Labute approximate surface area is 73.4 Å². The smallest absolute Gasteiger partial charge is 0.378 e. The number of hydrogen-bond donors (Lipinski definition) is 1. The van der Waals surface area contributed by atoms with Gasteiger partial charge in [0, 0.05) is 6.54 Å². The van der Waals surface area contributed by atoms with Crippen LogP contribution in [0.3, 0.4) is 0 Å². The lowest BCUT2D eigenvalue weighted by Gasteiger charge is -2.07. The SMILES string of the molecule is N#CCC(=S)NCCC(F)(F)F. The standard InChI is InChI=1S/C6H7F3N2S/c7-6(8,9)2-4-11-5(12)1-3-10/h1-2,4H2,(H,11,12). The lowest BCUT2D eigenvalue weighted by molar-refractivity contribution is -0.132. The maximum atomic E-state index is 11.5. The Bertz CT molecular complexity index is 194. The van der Waals surface area contributed by atoms with E-state index in [0.717, 1.165) is 0 Å². The van der Waals surface area contributed by atoms with E-state index in [0.29, 0.717) is 0 Å². The minimum atomic E-state index is -4.17. The average Bonchev–Trinajstić information content (AvgIpc) is 1.84. The van der Waals surface area contributed by atoms with Gasteiger partial charge in [0.05, 0.1) is 23.9 Å². The average molecular weight is 196 g/mol. The molecule has 0 saturated heterocycles. The quantitative estimate of drug-likeness (QED) is 0.699. The number of nitrogens with one attached hydrogen (secondary N) is 1. The van der Waals surface area contributed by atoms with Crippen LogP contribution < -0.4 is 5.32 Å². The molecule has 0 aliphatic carbocycles. The Kier molecular flexibility index (Phi) is 4.59. The van der Waals surface area contributed by atoms with Crippen molar-refractivity contribution in [3.05, 3.63) is 0 Å². The van der Waals surface area contributed by atoms with Gasteiger partial charge in [0.1, 0.15) is 0 Å². The van der Waals surface area contributed by atoms with Crippen LogP contribution in [0.4, 0.5) is 13.2 Å². The molecule has 0 atom stereocenters. The monoisotopic (exact) mass is 196 g/mol. The first kappa shape index (κ1) is 11.2. The predicted molar refractivity (Wildman–Crippen MR) is 41.5 cm³/mol. The van der Waals surface area contributed by atoms with Crippen molar-refractivity contribution in [2.75, 3.05) is 6.54 Å². The Morgan fingerprint density at radius 3 is 2.50 bits per heavy atom. The maximum Gasteiger partial charge on any atom is 0.390 e. The lowest BCUT2D eigenvalue weighted by Crippen LogP contribution is -2.26. The molecule has 0 bridgehead atoms. The summed E-state index contributed by atoms with van der Waals surface area (Å²) < 4.78 is 34.6. The number of halogens is 3. The summed E-state index contributed by atoms with van der Waals surface area (Å²) in [6, 6.07) is 1.73. The van der Waals surface area contributed by atoms with Gasteiger partial charge >= 0.3 is 6.18 Å². The van der Waals surface area contributed by atoms with E-state index >= 15 is 0 Å². The van der Waals surface area contributed by atoms with E-state index in [1.54, 1.807) is 6.07 Å². The molecule has 0 saturated carbocycles. The topological polar surface area (TPSA) is 35.8 Å². The van der Waals surface area contributed by atoms with Crippen molar-refractivity contribution >= 4 is 17.2 Å². The molecule has 68 valence electrons. The molecule has 0 aliphatic rings. The van der Waals surface area contributed by atoms with E-state index in [2.05, 4.69) is 17.5 Å². The molecule has 0 aliphatic heterocycles. The van der Waals surface area contributed by atoms with Gasteiger partial charge in [-0.1, -0.05) is 12.2 Å². The van der Waals surface area contributed by atoms with Crippen LogP contribution in [-0.4, -0.2) is 17.7 Å². The lowest BCUT2D eigenvalue weighted by atomic mass is 10.4. The maximum absolute atomic E-state index is 11.5. The third-order valence-electron chi connectivity index (χ3n) is 0.970. The predicted octanol–water partition coefficient (Wildman–Crippen LogP) is 1.77. The van der Waals surface area contributed by atoms with Gasteiger partial charge in [0.25, 0.3) is 0 Å². The fourth-order valence-corrected chi connectivity index (χ4v) is 0.645. The number of alkyl halides is 3. The van der Waals surface area contributed by atoms with Crippen molar-refractivity contribution in [2.24, 2.45) is 0 Å². The largest absolute Gasteiger partial charge is 0.390 e. The Hall–Kier alpha value is -0.830. The number of nitriles is 1. The molecule has 6 heteroatoms. The number of rotatable bonds is 3. The van der Waals surface area contributed by atoms with Gasteiger partial charge in [-0.25, -0.2) is 0 Å². The van der Waals surface area contributed by atoms with E-state index in [1.807, 2.05) is 0 Å². The number of hydrogen-bond acceptors (Lipinski definition) is 2. The van der Waals surface area contributed by atoms with Crippen molar-refractivity contribution in [3.63, 3.8) is 0 Å². The van der Waals surface area contributed by atoms with Crippen LogP contribution in [0.5, 0.6) is 0 Å². The fourth-order valence-electron chi connectivity index (χ4n) is 0.478. The molecule has 0 spiro atoms. The van der Waals surface area contributed by atoms with Gasteiger partial charge < -0.3 is 5.32 Å². The molecular weight excluding hydrogens is 189 g/mol. The molecule has 0 unspecified atom stereocenters. The summed E-state index contributed by atoms with van der Waals surface area (Å²) in [6.45, 7) is -0.260. The highest BCUT2D eigenvalue weighted by Gasteiger charge is 2.26. The summed E-state index contributed by atoms with van der Waals surface area (Å²) in [4.78, 5) is 0.154. The molecule has 0 aromatic carbocycles.